The van der Waals surface area contributed by atoms with Crippen molar-refractivity contribution in [2.24, 2.45) is 5.92 Å². The van der Waals surface area contributed by atoms with Crippen LogP contribution in [0.25, 0.3) is 0 Å². The zero-order valence-corrected chi connectivity index (χ0v) is 11.7. The van der Waals surface area contributed by atoms with Crippen molar-refractivity contribution >= 4 is 5.97 Å². The summed E-state index contributed by atoms with van der Waals surface area (Å²) in [6.07, 6.45) is 0.912. The molecule has 1 N–H and O–H groups in total. The summed E-state index contributed by atoms with van der Waals surface area (Å²) in [4.78, 5) is 13.1. The molecule has 0 fully saturated rings. The maximum Gasteiger partial charge on any atom is 0.307 e. The van der Waals surface area contributed by atoms with Gasteiger partial charge in [-0.25, -0.2) is 0 Å². The summed E-state index contributed by atoms with van der Waals surface area (Å²) >= 11 is 0. The molecule has 19 heavy (non-hydrogen) atoms. The van der Waals surface area contributed by atoms with Gasteiger partial charge in [-0.05, 0) is 12.0 Å². The molecule has 0 amide bonds. The minimum atomic E-state index is -0.746. The van der Waals surface area contributed by atoms with Crippen molar-refractivity contribution in [3.8, 4) is 0 Å². The highest BCUT2D eigenvalue weighted by Gasteiger charge is 2.16. The molecule has 4 nitrogen and oxygen atoms in total. The summed E-state index contributed by atoms with van der Waals surface area (Å²) in [7, 11) is 1.68. The molecule has 0 saturated heterocycles. The Balaban J connectivity index is 2.55. The summed E-state index contributed by atoms with van der Waals surface area (Å²) < 4.78 is 5.05. The number of hydrogen-bond acceptors (Lipinski definition) is 3. The first kappa shape index (κ1) is 15.7. The number of rotatable bonds is 9. The van der Waals surface area contributed by atoms with E-state index in [4.69, 9.17) is 9.84 Å². The van der Waals surface area contributed by atoms with Crippen LogP contribution in [-0.2, 0) is 16.1 Å². The van der Waals surface area contributed by atoms with Gasteiger partial charge in [-0.15, -0.1) is 0 Å². The van der Waals surface area contributed by atoms with Gasteiger partial charge in [0.25, 0.3) is 0 Å². The number of methoxy groups -OCH3 is 1. The monoisotopic (exact) mass is 265 g/mol. The van der Waals surface area contributed by atoms with Crippen LogP contribution in [0.2, 0.25) is 0 Å². The SMILES string of the molecule is COCCCN(Cc1ccccc1)CC(C)C(=O)O. The molecule has 0 saturated carbocycles. The summed E-state index contributed by atoms with van der Waals surface area (Å²) in [6, 6.07) is 10.1. The molecule has 1 aromatic rings. The van der Waals surface area contributed by atoms with Crippen LogP contribution in [0.5, 0.6) is 0 Å². The molecule has 1 rings (SSSR count). The number of hydrogen-bond donors (Lipinski definition) is 1. The number of ether oxygens (including phenoxy) is 1. The smallest absolute Gasteiger partial charge is 0.307 e. The number of carbonyl (C=O) groups is 1. The van der Waals surface area contributed by atoms with Gasteiger partial charge in [-0.2, -0.15) is 0 Å². The Morgan fingerprint density at radius 1 is 1.37 bits per heavy atom. The molecule has 1 unspecified atom stereocenters. The van der Waals surface area contributed by atoms with Gasteiger partial charge in [0.2, 0.25) is 0 Å². The predicted octanol–water partition coefficient (Wildman–Crippen LogP) is 2.25. The maximum atomic E-state index is 11.0. The fraction of sp³-hybridized carbons (Fsp3) is 0.533. The Morgan fingerprint density at radius 2 is 2.05 bits per heavy atom. The van der Waals surface area contributed by atoms with Crippen LogP contribution in [0, 0.1) is 5.92 Å². The molecule has 0 bridgehead atoms. The quantitative estimate of drug-likeness (QED) is 0.696. The van der Waals surface area contributed by atoms with E-state index in [1.807, 2.05) is 18.2 Å². The van der Waals surface area contributed by atoms with Crippen LogP contribution in [-0.4, -0.2) is 42.8 Å². The second-order valence-electron chi connectivity index (χ2n) is 4.81. The third kappa shape index (κ3) is 6.36. The summed E-state index contributed by atoms with van der Waals surface area (Å²) in [5.41, 5.74) is 1.21. The van der Waals surface area contributed by atoms with E-state index in [-0.39, 0.29) is 5.92 Å². The molecule has 1 atom stereocenters. The molecule has 106 valence electrons. The van der Waals surface area contributed by atoms with Gasteiger partial charge in [0.1, 0.15) is 0 Å². The molecule has 4 heteroatoms. The van der Waals surface area contributed by atoms with Crippen LogP contribution in [0.15, 0.2) is 30.3 Å². The summed E-state index contributed by atoms with van der Waals surface area (Å²) in [6.45, 7) is 4.64. The van der Waals surface area contributed by atoms with E-state index in [1.165, 1.54) is 5.56 Å². The van der Waals surface area contributed by atoms with E-state index in [1.54, 1.807) is 14.0 Å². The van der Waals surface area contributed by atoms with Crippen molar-refractivity contribution in [1.29, 1.82) is 0 Å². The lowest BCUT2D eigenvalue weighted by Crippen LogP contribution is -2.32. The van der Waals surface area contributed by atoms with Crippen LogP contribution in [0.4, 0.5) is 0 Å². The molecule has 0 aliphatic rings. The van der Waals surface area contributed by atoms with E-state index in [0.717, 1.165) is 19.5 Å². The minimum Gasteiger partial charge on any atom is -0.481 e. The Bertz CT molecular complexity index is 367. The molecule has 0 aliphatic carbocycles. The van der Waals surface area contributed by atoms with Crippen molar-refractivity contribution in [2.45, 2.75) is 19.9 Å². The molecular weight excluding hydrogens is 242 g/mol. The largest absolute Gasteiger partial charge is 0.481 e. The zero-order chi connectivity index (χ0) is 14.1. The first-order valence-electron chi connectivity index (χ1n) is 6.61. The average molecular weight is 265 g/mol. The number of aliphatic carboxylic acids is 1. The highest BCUT2D eigenvalue weighted by molar-refractivity contribution is 5.69. The minimum absolute atomic E-state index is 0.355. The number of carboxylic acids is 1. The second-order valence-corrected chi connectivity index (χ2v) is 4.81. The highest BCUT2D eigenvalue weighted by Crippen LogP contribution is 2.08. The average Bonchev–Trinajstić information content (AvgIpc) is 2.40. The highest BCUT2D eigenvalue weighted by atomic mass is 16.5. The molecule has 0 spiro atoms. The van der Waals surface area contributed by atoms with E-state index >= 15 is 0 Å². The zero-order valence-electron chi connectivity index (χ0n) is 11.7. The number of carboxylic acid groups (broad SMARTS) is 1. The third-order valence-corrected chi connectivity index (χ3v) is 3.03. The predicted molar refractivity (Wildman–Crippen MR) is 75.0 cm³/mol. The van der Waals surface area contributed by atoms with Gasteiger partial charge in [0, 0.05) is 33.4 Å². The molecular formula is C15H23NO3. The maximum absolute atomic E-state index is 11.0. The molecule has 0 aliphatic heterocycles. The van der Waals surface area contributed by atoms with E-state index in [0.29, 0.717) is 13.2 Å². The normalized spacial score (nSPS) is 12.6. The molecule has 0 radical (unpaired) electrons. The first-order chi connectivity index (χ1) is 9.13. The Kier molecular flexibility index (Phi) is 7.15. The van der Waals surface area contributed by atoms with Gasteiger partial charge in [0.15, 0.2) is 0 Å². The van der Waals surface area contributed by atoms with E-state index < -0.39 is 5.97 Å². The van der Waals surface area contributed by atoms with Gasteiger partial charge in [-0.1, -0.05) is 37.3 Å². The number of benzene rings is 1. The van der Waals surface area contributed by atoms with Crippen LogP contribution < -0.4 is 0 Å². The standard InChI is InChI=1S/C15H23NO3/c1-13(15(17)18)11-16(9-6-10-19-2)12-14-7-4-3-5-8-14/h3-5,7-8,13H,6,9-12H2,1-2H3,(H,17,18). The fourth-order valence-electron chi connectivity index (χ4n) is 1.97. The Morgan fingerprint density at radius 3 is 2.63 bits per heavy atom. The van der Waals surface area contributed by atoms with E-state index in [2.05, 4.69) is 17.0 Å². The summed E-state index contributed by atoms with van der Waals surface area (Å²) in [5.74, 6) is -1.10. The van der Waals surface area contributed by atoms with Crippen LogP contribution >= 0.6 is 0 Å². The number of nitrogens with zero attached hydrogens (tertiary/aromatic N) is 1. The second kappa shape index (κ2) is 8.67. The summed E-state index contributed by atoms with van der Waals surface area (Å²) in [5, 5.41) is 9.02. The lowest BCUT2D eigenvalue weighted by atomic mass is 10.1. The molecule has 0 heterocycles. The topological polar surface area (TPSA) is 49.8 Å². The van der Waals surface area contributed by atoms with Crippen molar-refractivity contribution < 1.29 is 14.6 Å². The Labute approximate surface area is 115 Å². The van der Waals surface area contributed by atoms with E-state index in [9.17, 15) is 4.79 Å². The Hall–Kier alpha value is -1.39. The van der Waals surface area contributed by atoms with Gasteiger partial charge in [-0.3, -0.25) is 9.69 Å². The van der Waals surface area contributed by atoms with Crippen molar-refractivity contribution in [1.82, 2.24) is 4.90 Å². The third-order valence-electron chi connectivity index (χ3n) is 3.03. The van der Waals surface area contributed by atoms with Crippen LogP contribution in [0.3, 0.4) is 0 Å². The lowest BCUT2D eigenvalue weighted by Gasteiger charge is -2.24. The fourth-order valence-corrected chi connectivity index (χ4v) is 1.97. The van der Waals surface area contributed by atoms with Gasteiger partial charge < -0.3 is 9.84 Å². The molecule has 1 aromatic carbocycles. The van der Waals surface area contributed by atoms with Crippen molar-refractivity contribution in [2.75, 3.05) is 26.8 Å². The lowest BCUT2D eigenvalue weighted by molar-refractivity contribution is -0.141. The van der Waals surface area contributed by atoms with Gasteiger partial charge >= 0.3 is 5.97 Å². The molecule has 0 aromatic heterocycles. The van der Waals surface area contributed by atoms with Crippen molar-refractivity contribution in [3.63, 3.8) is 0 Å². The van der Waals surface area contributed by atoms with Crippen LogP contribution in [0.1, 0.15) is 18.9 Å². The van der Waals surface area contributed by atoms with Crippen molar-refractivity contribution in [3.05, 3.63) is 35.9 Å². The van der Waals surface area contributed by atoms with Gasteiger partial charge in [0.05, 0.1) is 5.92 Å². The first-order valence-corrected chi connectivity index (χ1v) is 6.61.